The number of aromatic nitrogens is 2. The summed E-state index contributed by atoms with van der Waals surface area (Å²) in [6.07, 6.45) is 2.61. The van der Waals surface area contributed by atoms with Gasteiger partial charge in [-0.1, -0.05) is 0 Å². The molecule has 1 N–H and O–H groups in total. The second-order valence-electron chi connectivity index (χ2n) is 4.79. The van der Waals surface area contributed by atoms with E-state index < -0.39 is 10.0 Å². The largest absolute Gasteiger partial charge is 0.466 e. The SMILES string of the molecule is CCOC(=O)[C@H]1CCCN(S(=O)(=O)c2cnc(C)[nH]2)C1. The van der Waals surface area contributed by atoms with Crippen LogP contribution in [0.15, 0.2) is 11.2 Å². The number of nitrogens with one attached hydrogen (secondary N) is 1. The van der Waals surface area contributed by atoms with Crippen LogP contribution >= 0.6 is 0 Å². The van der Waals surface area contributed by atoms with Gasteiger partial charge in [-0.3, -0.25) is 4.79 Å². The Morgan fingerprint density at radius 1 is 1.60 bits per heavy atom. The van der Waals surface area contributed by atoms with Crippen molar-refractivity contribution in [2.24, 2.45) is 5.92 Å². The Labute approximate surface area is 118 Å². The number of hydrogen-bond acceptors (Lipinski definition) is 5. The molecule has 0 spiro atoms. The number of ether oxygens (including phenoxy) is 1. The summed E-state index contributed by atoms with van der Waals surface area (Å²) in [5, 5.41) is 0.0690. The first kappa shape index (κ1) is 15.0. The van der Waals surface area contributed by atoms with E-state index in [1.165, 1.54) is 10.5 Å². The van der Waals surface area contributed by atoms with Crippen molar-refractivity contribution in [3.8, 4) is 0 Å². The monoisotopic (exact) mass is 301 g/mol. The van der Waals surface area contributed by atoms with Crippen LogP contribution in [0.4, 0.5) is 0 Å². The molecule has 1 aromatic heterocycles. The number of piperidine rings is 1. The molecule has 0 aliphatic carbocycles. The first-order chi connectivity index (χ1) is 9.45. The fourth-order valence-corrected chi connectivity index (χ4v) is 3.77. The lowest BCUT2D eigenvalue weighted by Gasteiger charge is -2.30. The molecule has 0 bridgehead atoms. The van der Waals surface area contributed by atoms with E-state index in [0.29, 0.717) is 31.8 Å². The Hall–Kier alpha value is -1.41. The van der Waals surface area contributed by atoms with Gasteiger partial charge in [0, 0.05) is 13.1 Å². The molecule has 20 heavy (non-hydrogen) atoms. The molecule has 112 valence electrons. The predicted octanol–water partition coefficient (Wildman–Crippen LogP) is 0.682. The third-order valence-electron chi connectivity index (χ3n) is 3.30. The number of esters is 1. The number of H-pyrrole nitrogens is 1. The Balaban J connectivity index is 2.14. The van der Waals surface area contributed by atoms with Gasteiger partial charge in [0.25, 0.3) is 10.0 Å². The summed E-state index contributed by atoms with van der Waals surface area (Å²) in [4.78, 5) is 18.4. The van der Waals surface area contributed by atoms with E-state index in [-0.39, 0.29) is 23.5 Å². The highest BCUT2D eigenvalue weighted by atomic mass is 32.2. The number of aromatic amines is 1. The van der Waals surface area contributed by atoms with Crippen LogP contribution < -0.4 is 0 Å². The maximum absolute atomic E-state index is 12.4. The average Bonchev–Trinajstić information content (AvgIpc) is 2.86. The van der Waals surface area contributed by atoms with E-state index in [4.69, 9.17) is 4.74 Å². The Morgan fingerprint density at radius 3 is 2.95 bits per heavy atom. The molecule has 1 aliphatic rings. The molecule has 1 aliphatic heterocycles. The Kier molecular flexibility index (Phi) is 4.44. The van der Waals surface area contributed by atoms with E-state index in [0.717, 1.165) is 0 Å². The Morgan fingerprint density at radius 2 is 2.35 bits per heavy atom. The van der Waals surface area contributed by atoms with Gasteiger partial charge in [-0.25, -0.2) is 13.4 Å². The van der Waals surface area contributed by atoms with Crippen LogP contribution in [0, 0.1) is 12.8 Å². The summed E-state index contributed by atoms with van der Waals surface area (Å²) in [5.74, 6) is -0.168. The van der Waals surface area contributed by atoms with Gasteiger partial charge >= 0.3 is 5.97 Å². The van der Waals surface area contributed by atoms with Gasteiger partial charge in [-0.2, -0.15) is 4.31 Å². The van der Waals surface area contributed by atoms with Crippen molar-refractivity contribution in [3.05, 3.63) is 12.0 Å². The summed E-state index contributed by atoms with van der Waals surface area (Å²) in [5.41, 5.74) is 0. The van der Waals surface area contributed by atoms with Crippen LogP contribution in [0.2, 0.25) is 0 Å². The van der Waals surface area contributed by atoms with E-state index in [9.17, 15) is 13.2 Å². The molecule has 1 atom stereocenters. The minimum Gasteiger partial charge on any atom is -0.466 e. The standard InChI is InChI=1S/C12H19N3O4S/c1-3-19-12(16)10-5-4-6-15(8-10)20(17,18)11-7-13-9(2)14-11/h7,10H,3-6,8H2,1-2H3,(H,13,14)/t10-/m0/s1. The third kappa shape index (κ3) is 3.01. The van der Waals surface area contributed by atoms with Gasteiger partial charge < -0.3 is 9.72 Å². The number of carbonyl (C=O) groups is 1. The molecular formula is C12H19N3O4S. The molecular weight excluding hydrogens is 282 g/mol. The maximum Gasteiger partial charge on any atom is 0.310 e. The zero-order valence-electron chi connectivity index (χ0n) is 11.6. The molecule has 8 heteroatoms. The molecule has 0 unspecified atom stereocenters. The van der Waals surface area contributed by atoms with Gasteiger partial charge in [0.05, 0.1) is 18.7 Å². The van der Waals surface area contributed by atoms with Gasteiger partial charge in [0.1, 0.15) is 5.82 Å². The molecule has 7 nitrogen and oxygen atoms in total. The lowest BCUT2D eigenvalue weighted by molar-refractivity contribution is -0.149. The van der Waals surface area contributed by atoms with Crippen LogP contribution in [0.25, 0.3) is 0 Å². The van der Waals surface area contributed by atoms with E-state index >= 15 is 0 Å². The summed E-state index contributed by atoms with van der Waals surface area (Å²) >= 11 is 0. The number of imidazole rings is 1. The molecule has 2 heterocycles. The average molecular weight is 301 g/mol. The number of aryl methyl sites for hydroxylation is 1. The summed E-state index contributed by atoms with van der Waals surface area (Å²) < 4.78 is 31.2. The van der Waals surface area contributed by atoms with Crippen molar-refractivity contribution >= 4 is 16.0 Å². The van der Waals surface area contributed by atoms with E-state index in [2.05, 4.69) is 9.97 Å². The van der Waals surface area contributed by atoms with Gasteiger partial charge in [0.15, 0.2) is 5.03 Å². The molecule has 1 aromatic rings. The van der Waals surface area contributed by atoms with Crippen molar-refractivity contribution in [2.45, 2.75) is 31.7 Å². The fourth-order valence-electron chi connectivity index (χ4n) is 2.28. The molecule has 0 amide bonds. The highest BCUT2D eigenvalue weighted by Crippen LogP contribution is 2.23. The van der Waals surface area contributed by atoms with Crippen molar-refractivity contribution < 1.29 is 17.9 Å². The second kappa shape index (κ2) is 5.92. The second-order valence-corrected chi connectivity index (χ2v) is 6.69. The normalized spacial score (nSPS) is 20.8. The zero-order valence-corrected chi connectivity index (χ0v) is 12.4. The first-order valence-electron chi connectivity index (χ1n) is 6.63. The van der Waals surface area contributed by atoms with Crippen molar-refractivity contribution in [1.82, 2.24) is 14.3 Å². The zero-order chi connectivity index (χ0) is 14.8. The number of rotatable bonds is 4. The van der Waals surface area contributed by atoms with Crippen molar-refractivity contribution in [2.75, 3.05) is 19.7 Å². The molecule has 2 rings (SSSR count). The highest BCUT2D eigenvalue weighted by molar-refractivity contribution is 7.89. The van der Waals surface area contributed by atoms with Crippen LogP contribution in [-0.2, 0) is 19.6 Å². The van der Waals surface area contributed by atoms with Crippen molar-refractivity contribution in [3.63, 3.8) is 0 Å². The molecule has 1 saturated heterocycles. The predicted molar refractivity (Wildman–Crippen MR) is 71.4 cm³/mol. The van der Waals surface area contributed by atoms with Gasteiger partial charge in [-0.05, 0) is 26.7 Å². The summed E-state index contributed by atoms with van der Waals surface area (Å²) in [6.45, 7) is 4.32. The minimum absolute atomic E-state index is 0.0690. The molecule has 0 aromatic carbocycles. The van der Waals surface area contributed by atoms with Crippen molar-refractivity contribution in [1.29, 1.82) is 0 Å². The number of sulfonamides is 1. The van der Waals surface area contributed by atoms with E-state index in [1.54, 1.807) is 13.8 Å². The Bertz CT molecular complexity index is 581. The van der Waals surface area contributed by atoms with Crippen LogP contribution in [0.5, 0.6) is 0 Å². The molecule has 0 saturated carbocycles. The number of carbonyl (C=O) groups excluding carboxylic acids is 1. The summed E-state index contributed by atoms with van der Waals surface area (Å²) in [7, 11) is -3.62. The fraction of sp³-hybridized carbons (Fsp3) is 0.667. The lowest BCUT2D eigenvalue weighted by atomic mass is 10.0. The topological polar surface area (TPSA) is 92.4 Å². The lowest BCUT2D eigenvalue weighted by Crippen LogP contribution is -2.42. The summed E-state index contributed by atoms with van der Waals surface area (Å²) in [6, 6.07) is 0. The van der Waals surface area contributed by atoms with Crippen LogP contribution in [0.1, 0.15) is 25.6 Å². The highest BCUT2D eigenvalue weighted by Gasteiger charge is 2.34. The molecule has 1 fully saturated rings. The van der Waals surface area contributed by atoms with Crippen LogP contribution in [-0.4, -0.2) is 48.4 Å². The minimum atomic E-state index is -3.62. The van der Waals surface area contributed by atoms with Gasteiger partial charge in [-0.15, -0.1) is 0 Å². The van der Waals surface area contributed by atoms with Gasteiger partial charge in [0.2, 0.25) is 0 Å². The number of hydrogen-bond donors (Lipinski definition) is 1. The maximum atomic E-state index is 12.4. The molecule has 0 radical (unpaired) electrons. The third-order valence-corrected chi connectivity index (χ3v) is 5.08. The smallest absolute Gasteiger partial charge is 0.310 e. The first-order valence-corrected chi connectivity index (χ1v) is 8.07. The quantitative estimate of drug-likeness (QED) is 0.826. The van der Waals surface area contributed by atoms with E-state index in [1.807, 2.05) is 0 Å². The van der Waals surface area contributed by atoms with Crippen LogP contribution in [0.3, 0.4) is 0 Å². The number of nitrogens with zero attached hydrogens (tertiary/aromatic N) is 2.